The Bertz CT molecular complexity index is 710. The third-order valence-corrected chi connectivity index (χ3v) is 4.19. The van der Waals surface area contributed by atoms with E-state index in [9.17, 15) is 19.8 Å². The Morgan fingerprint density at radius 1 is 1.32 bits per heavy atom. The first-order valence-corrected chi connectivity index (χ1v) is 7.09. The molecule has 1 unspecified atom stereocenters. The van der Waals surface area contributed by atoms with Crippen LogP contribution in [0.25, 0.3) is 0 Å². The molecule has 0 saturated heterocycles. The maximum Gasteiger partial charge on any atom is 0.318 e. The second kappa shape index (κ2) is 4.47. The average Bonchev–Trinajstić information content (AvgIpc) is 2.74. The van der Waals surface area contributed by atoms with Crippen molar-refractivity contribution in [1.29, 1.82) is 0 Å². The molecular weight excluding hydrogens is 286 g/mol. The fourth-order valence-electron chi connectivity index (χ4n) is 3.30. The summed E-state index contributed by atoms with van der Waals surface area (Å²) in [5.41, 5.74) is -3.94. The van der Waals surface area contributed by atoms with Gasteiger partial charge < -0.3 is 14.9 Å². The lowest BCUT2D eigenvalue weighted by atomic mass is 9.79. The number of Topliss-reactive ketones (excluding diaryl/α,β-unsaturated/α-hetero) is 1. The summed E-state index contributed by atoms with van der Waals surface area (Å²) in [6, 6.07) is 6.29. The SMILES string of the molecule is CC1=N[C@@]2(O)c3ccccc3C(=O)[C@@]2(O)C1C(=O)OC(C)C. The van der Waals surface area contributed by atoms with Crippen LogP contribution >= 0.6 is 0 Å². The highest BCUT2D eigenvalue weighted by Crippen LogP contribution is 2.53. The van der Waals surface area contributed by atoms with Gasteiger partial charge in [-0.15, -0.1) is 0 Å². The molecule has 0 bridgehead atoms. The van der Waals surface area contributed by atoms with Gasteiger partial charge in [0.15, 0.2) is 5.60 Å². The molecule has 0 radical (unpaired) electrons. The summed E-state index contributed by atoms with van der Waals surface area (Å²) in [4.78, 5) is 29.0. The second-order valence-electron chi connectivity index (χ2n) is 5.99. The summed E-state index contributed by atoms with van der Waals surface area (Å²) in [5, 5.41) is 21.8. The van der Waals surface area contributed by atoms with Crippen LogP contribution in [0.2, 0.25) is 0 Å². The quantitative estimate of drug-likeness (QED) is 0.788. The summed E-state index contributed by atoms with van der Waals surface area (Å²) in [6.45, 7) is 4.83. The molecule has 1 aliphatic carbocycles. The van der Waals surface area contributed by atoms with E-state index in [0.29, 0.717) is 0 Å². The third-order valence-electron chi connectivity index (χ3n) is 4.19. The van der Waals surface area contributed by atoms with E-state index >= 15 is 0 Å². The van der Waals surface area contributed by atoms with Crippen molar-refractivity contribution in [3.05, 3.63) is 35.4 Å². The average molecular weight is 303 g/mol. The van der Waals surface area contributed by atoms with Crippen LogP contribution < -0.4 is 0 Å². The van der Waals surface area contributed by atoms with Gasteiger partial charge in [-0.05, 0) is 20.8 Å². The van der Waals surface area contributed by atoms with Crippen LogP contribution in [0, 0.1) is 5.92 Å². The monoisotopic (exact) mass is 303 g/mol. The van der Waals surface area contributed by atoms with Crippen molar-refractivity contribution in [3.63, 3.8) is 0 Å². The topological polar surface area (TPSA) is 96.2 Å². The van der Waals surface area contributed by atoms with Gasteiger partial charge in [-0.2, -0.15) is 0 Å². The van der Waals surface area contributed by atoms with E-state index in [1.165, 1.54) is 19.1 Å². The smallest absolute Gasteiger partial charge is 0.318 e. The van der Waals surface area contributed by atoms with Gasteiger partial charge in [0.2, 0.25) is 11.5 Å². The predicted octanol–water partition coefficient (Wildman–Crippen LogP) is 0.801. The summed E-state index contributed by atoms with van der Waals surface area (Å²) < 4.78 is 5.13. The zero-order chi connectivity index (χ0) is 16.3. The summed E-state index contributed by atoms with van der Waals surface area (Å²) >= 11 is 0. The maximum absolute atomic E-state index is 12.7. The molecule has 22 heavy (non-hydrogen) atoms. The molecular formula is C16H17NO5. The number of carbonyl (C=O) groups is 2. The minimum Gasteiger partial charge on any atom is -0.462 e. The van der Waals surface area contributed by atoms with Gasteiger partial charge in [0, 0.05) is 16.8 Å². The molecule has 0 saturated carbocycles. The van der Waals surface area contributed by atoms with Crippen molar-refractivity contribution >= 4 is 17.5 Å². The van der Waals surface area contributed by atoms with Crippen LogP contribution in [0.1, 0.15) is 36.7 Å². The molecule has 1 aliphatic heterocycles. The van der Waals surface area contributed by atoms with Gasteiger partial charge in [-0.25, -0.2) is 0 Å². The number of hydrogen-bond acceptors (Lipinski definition) is 6. The highest BCUT2D eigenvalue weighted by atomic mass is 16.5. The molecule has 0 fully saturated rings. The van der Waals surface area contributed by atoms with Crippen LogP contribution in [0.3, 0.4) is 0 Å². The number of ether oxygens (including phenoxy) is 1. The van der Waals surface area contributed by atoms with Crippen molar-refractivity contribution in [2.24, 2.45) is 10.9 Å². The molecule has 6 heteroatoms. The number of carbonyl (C=O) groups excluding carboxylic acids is 2. The van der Waals surface area contributed by atoms with E-state index in [0.717, 1.165) is 0 Å². The first-order valence-electron chi connectivity index (χ1n) is 7.09. The number of benzene rings is 1. The first kappa shape index (κ1) is 14.9. The highest BCUT2D eigenvalue weighted by molar-refractivity contribution is 6.18. The van der Waals surface area contributed by atoms with Gasteiger partial charge in [-0.1, -0.05) is 24.3 Å². The lowest BCUT2D eigenvalue weighted by Crippen LogP contribution is -2.56. The number of aliphatic hydroxyl groups is 2. The van der Waals surface area contributed by atoms with E-state index in [2.05, 4.69) is 4.99 Å². The van der Waals surface area contributed by atoms with Gasteiger partial charge in [-0.3, -0.25) is 14.6 Å². The van der Waals surface area contributed by atoms with Crippen LogP contribution in [0.15, 0.2) is 29.3 Å². The van der Waals surface area contributed by atoms with Crippen molar-refractivity contribution in [3.8, 4) is 0 Å². The van der Waals surface area contributed by atoms with Crippen LogP contribution in [0.4, 0.5) is 0 Å². The molecule has 2 N–H and O–H groups in total. The number of hydrogen-bond donors (Lipinski definition) is 2. The Kier molecular flexibility index (Phi) is 3.02. The standard InChI is InChI=1S/C16H17NO5/c1-8(2)22-14(19)12-9(3)17-16(21)11-7-5-4-6-10(11)13(18)15(12,16)20/h4-8,12,20-21H,1-3H3/t12?,15-,16+/m0/s1. The van der Waals surface area contributed by atoms with E-state index in [4.69, 9.17) is 4.74 Å². The lowest BCUT2D eigenvalue weighted by Gasteiger charge is -2.32. The number of ketones is 1. The van der Waals surface area contributed by atoms with Crippen molar-refractivity contribution in [2.45, 2.75) is 38.2 Å². The zero-order valence-electron chi connectivity index (χ0n) is 12.5. The largest absolute Gasteiger partial charge is 0.462 e. The fraction of sp³-hybridized carbons (Fsp3) is 0.438. The van der Waals surface area contributed by atoms with E-state index in [-0.39, 0.29) is 16.8 Å². The minimum atomic E-state index is -2.35. The number of aliphatic imine (C=N–C) groups is 1. The summed E-state index contributed by atoms with van der Waals surface area (Å²) in [5.74, 6) is -2.80. The normalized spacial score (nSPS) is 32.7. The Labute approximate surface area is 127 Å². The number of esters is 1. The molecule has 0 aromatic heterocycles. The van der Waals surface area contributed by atoms with E-state index < -0.39 is 35.1 Å². The van der Waals surface area contributed by atoms with Crippen LogP contribution in [-0.2, 0) is 15.3 Å². The Hall–Kier alpha value is -2.05. The fourth-order valence-corrected chi connectivity index (χ4v) is 3.30. The Morgan fingerprint density at radius 2 is 1.95 bits per heavy atom. The molecule has 3 atom stereocenters. The van der Waals surface area contributed by atoms with Crippen molar-refractivity contribution < 1.29 is 24.5 Å². The third kappa shape index (κ3) is 1.59. The van der Waals surface area contributed by atoms with Crippen LogP contribution in [0.5, 0.6) is 0 Å². The predicted molar refractivity (Wildman–Crippen MR) is 77.4 cm³/mol. The molecule has 0 spiro atoms. The Balaban J connectivity index is 2.16. The number of rotatable bonds is 2. The van der Waals surface area contributed by atoms with Gasteiger partial charge >= 0.3 is 5.97 Å². The van der Waals surface area contributed by atoms with E-state index in [1.54, 1.807) is 26.0 Å². The minimum absolute atomic E-state index is 0.172. The molecule has 3 rings (SSSR count). The molecule has 1 aromatic rings. The highest BCUT2D eigenvalue weighted by Gasteiger charge is 2.72. The Morgan fingerprint density at radius 3 is 2.59 bits per heavy atom. The molecule has 2 aliphatic rings. The zero-order valence-corrected chi connectivity index (χ0v) is 12.5. The molecule has 0 amide bonds. The number of nitrogens with zero attached hydrogens (tertiary/aromatic N) is 1. The van der Waals surface area contributed by atoms with Gasteiger partial charge in [0.05, 0.1) is 6.10 Å². The molecule has 1 heterocycles. The molecule has 6 nitrogen and oxygen atoms in total. The van der Waals surface area contributed by atoms with Crippen LogP contribution in [-0.4, -0.2) is 39.4 Å². The summed E-state index contributed by atoms with van der Waals surface area (Å²) in [7, 11) is 0. The summed E-state index contributed by atoms with van der Waals surface area (Å²) in [6.07, 6.45) is -0.406. The maximum atomic E-state index is 12.7. The lowest BCUT2D eigenvalue weighted by molar-refractivity contribution is -0.168. The van der Waals surface area contributed by atoms with Gasteiger partial charge in [0.25, 0.3) is 0 Å². The van der Waals surface area contributed by atoms with Crippen molar-refractivity contribution in [2.75, 3.05) is 0 Å². The molecule has 1 aromatic carbocycles. The van der Waals surface area contributed by atoms with Crippen molar-refractivity contribution in [1.82, 2.24) is 0 Å². The second-order valence-corrected chi connectivity index (χ2v) is 5.99. The van der Waals surface area contributed by atoms with E-state index in [1.807, 2.05) is 0 Å². The van der Waals surface area contributed by atoms with Gasteiger partial charge in [0.1, 0.15) is 5.92 Å². The first-order chi connectivity index (χ1) is 10.2. The molecule has 116 valence electrons. The number of fused-ring (bicyclic) bond motifs is 3.